The van der Waals surface area contributed by atoms with Gasteiger partial charge >= 0.3 is 6.61 Å². The highest BCUT2D eigenvalue weighted by molar-refractivity contribution is 6.08. The van der Waals surface area contributed by atoms with Crippen LogP contribution in [0.15, 0.2) is 36.4 Å². The van der Waals surface area contributed by atoms with E-state index in [1.54, 1.807) is 6.07 Å². The molecule has 26 heavy (non-hydrogen) atoms. The van der Waals surface area contributed by atoms with Crippen molar-refractivity contribution in [3.8, 4) is 5.75 Å². The second-order valence-corrected chi connectivity index (χ2v) is 5.68. The average molecular weight is 363 g/mol. The summed E-state index contributed by atoms with van der Waals surface area (Å²) in [6.07, 6.45) is 1.47. The zero-order valence-corrected chi connectivity index (χ0v) is 13.9. The van der Waals surface area contributed by atoms with Crippen LogP contribution in [0.3, 0.4) is 0 Å². The Balaban J connectivity index is 1.96. The zero-order valence-electron chi connectivity index (χ0n) is 13.9. The number of ether oxygens (including phenoxy) is 1. The molecule has 2 aromatic carbocycles. The molecule has 0 saturated carbocycles. The van der Waals surface area contributed by atoms with Crippen molar-refractivity contribution in [3.63, 3.8) is 0 Å². The van der Waals surface area contributed by atoms with Crippen LogP contribution in [0.25, 0.3) is 10.9 Å². The van der Waals surface area contributed by atoms with E-state index in [-0.39, 0.29) is 22.6 Å². The van der Waals surface area contributed by atoms with Crippen molar-refractivity contribution >= 4 is 22.6 Å². The second kappa shape index (κ2) is 7.47. The smallest absolute Gasteiger partial charge is 0.387 e. The monoisotopic (exact) mass is 363 g/mol. The molecule has 0 atom stereocenters. The Hall–Kier alpha value is -3.03. The van der Waals surface area contributed by atoms with Crippen molar-refractivity contribution in [1.82, 2.24) is 10.2 Å². The lowest BCUT2D eigenvalue weighted by atomic mass is 10.1. The topological polar surface area (TPSA) is 67.0 Å². The maximum absolute atomic E-state index is 13.0. The summed E-state index contributed by atoms with van der Waals surface area (Å²) in [5, 5.41) is 9.67. The lowest BCUT2D eigenvalue weighted by molar-refractivity contribution is -0.0489. The second-order valence-electron chi connectivity index (χ2n) is 5.68. The molecule has 1 aromatic heterocycles. The fourth-order valence-electron chi connectivity index (χ4n) is 2.64. The van der Waals surface area contributed by atoms with E-state index in [4.69, 9.17) is 0 Å². The van der Waals surface area contributed by atoms with Crippen LogP contribution in [0.1, 0.15) is 29.3 Å². The Kier molecular flexibility index (Phi) is 5.11. The number of halogens is 3. The third kappa shape index (κ3) is 3.79. The zero-order chi connectivity index (χ0) is 18.7. The Morgan fingerprint density at radius 2 is 2.00 bits per heavy atom. The first kappa shape index (κ1) is 17.8. The number of nitrogens with zero attached hydrogens (tertiary/aromatic N) is 1. The predicted octanol–water partition coefficient (Wildman–Crippen LogP) is 4.51. The van der Waals surface area contributed by atoms with Gasteiger partial charge in [-0.1, -0.05) is 13.3 Å². The van der Waals surface area contributed by atoms with Crippen molar-refractivity contribution in [2.45, 2.75) is 26.4 Å². The van der Waals surface area contributed by atoms with Crippen LogP contribution < -0.4 is 10.1 Å². The Bertz CT molecular complexity index is 923. The first-order valence-corrected chi connectivity index (χ1v) is 8.00. The molecule has 136 valence electrons. The quantitative estimate of drug-likeness (QED) is 0.677. The first-order valence-electron chi connectivity index (χ1n) is 8.00. The van der Waals surface area contributed by atoms with Gasteiger partial charge in [-0.05, 0) is 48.4 Å². The summed E-state index contributed by atoms with van der Waals surface area (Å²) in [7, 11) is 0. The summed E-state index contributed by atoms with van der Waals surface area (Å²) < 4.78 is 42.9. The number of amides is 1. The molecular weight excluding hydrogens is 347 g/mol. The van der Waals surface area contributed by atoms with E-state index in [1.807, 2.05) is 6.92 Å². The highest BCUT2D eigenvalue weighted by Gasteiger charge is 2.17. The standard InChI is InChI=1S/C18H16F3N3O2/c1-2-3-10-8-13-15(14(9-10)26-18(20)21)23-24-16(13)22-17(25)11-4-6-12(19)7-5-11/h4-9,18H,2-3H2,1H3,(H2,22,23,24,25). The van der Waals surface area contributed by atoms with Crippen LogP contribution in [-0.4, -0.2) is 22.7 Å². The molecule has 0 saturated heterocycles. The number of fused-ring (bicyclic) bond motifs is 1. The van der Waals surface area contributed by atoms with Gasteiger partial charge in [-0.2, -0.15) is 13.9 Å². The summed E-state index contributed by atoms with van der Waals surface area (Å²) in [6.45, 7) is -1.01. The molecule has 5 nitrogen and oxygen atoms in total. The minimum absolute atomic E-state index is 0.0317. The molecule has 1 heterocycles. The third-order valence-electron chi connectivity index (χ3n) is 3.79. The number of benzene rings is 2. The predicted molar refractivity (Wildman–Crippen MR) is 91.1 cm³/mol. The van der Waals surface area contributed by atoms with Crippen LogP contribution in [0.2, 0.25) is 0 Å². The van der Waals surface area contributed by atoms with Gasteiger partial charge in [-0.3, -0.25) is 9.89 Å². The molecule has 0 aliphatic carbocycles. The van der Waals surface area contributed by atoms with Crippen LogP contribution in [-0.2, 0) is 6.42 Å². The molecule has 3 rings (SSSR count). The maximum Gasteiger partial charge on any atom is 0.387 e. The van der Waals surface area contributed by atoms with Gasteiger partial charge in [0.05, 0.1) is 0 Å². The van der Waals surface area contributed by atoms with Crippen LogP contribution in [0.5, 0.6) is 5.75 Å². The molecule has 8 heteroatoms. The molecule has 2 N–H and O–H groups in total. The molecule has 0 aliphatic heterocycles. The lowest BCUT2D eigenvalue weighted by Gasteiger charge is -2.09. The number of aryl methyl sites for hydroxylation is 1. The SMILES string of the molecule is CCCc1cc(OC(F)F)c2[nH]nc(NC(=O)c3ccc(F)cc3)c2c1. The van der Waals surface area contributed by atoms with E-state index in [1.165, 1.54) is 30.3 Å². The highest BCUT2D eigenvalue weighted by atomic mass is 19.3. The van der Waals surface area contributed by atoms with Gasteiger partial charge in [0.1, 0.15) is 11.3 Å². The Morgan fingerprint density at radius 3 is 2.65 bits per heavy atom. The van der Waals surface area contributed by atoms with Crippen molar-refractivity contribution in [2.24, 2.45) is 0 Å². The Morgan fingerprint density at radius 1 is 1.27 bits per heavy atom. The van der Waals surface area contributed by atoms with E-state index in [0.29, 0.717) is 11.8 Å². The van der Waals surface area contributed by atoms with Crippen molar-refractivity contribution in [1.29, 1.82) is 0 Å². The summed E-state index contributed by atoms with van der Waals surface area (Å²) in [5.41, 5.74) is 1.30. The third-order valence-corrected chi connectivity index (χ3v) is 3.79. The molecule has 3 aromatic rings. The normalized spacial score (nSPS) is 11.1. The van der Waals surface area contributed by atoms with Crippen molar-refractivity contribution in [2.75, 3.05) is 5.32 Å². The number of alkyl halides is 2. The lowest BCUT2D eigenvalue weighted by Crippen LogP contribution is -2.12. The van der Waals surface area contributed by atoms with Gasteiger partial charge in [-0.25, -0.2) is 4.39 Å². The number of anilines is 1. The van der Waals surface area contributed by atoms with Crippen LogP contribution >= 0.6 is 0 Å². The molecule has 0 spiro atoms. The minimum atomic E-state index is -2.98. The Labute approximate surface area is 147 Å². The van der Waals surface area contributed by atoms with Crippen molar-refractivity contribution in [3.05, 3.63) is 53.3 Å². The molecule has 0 fully saturated rings. The highest BCUT2D eigenvalue weighted by Crippen LogP contribution is 2.32. The molecule has 0 radical (unpaired) electrons. The van der Waals surface area contributed by atoms with E-state index in [9.17, 15) is 18.0 Å². The number of carbonyl (C=O) groups excluding carboxylic acids is 1. The summed E-state index contributed by atoms with van der Waals surface area (Å²) in [4.78, 5) is 12.3. The van der Waals surface area contributed by atoms with Gasteiger partial charge in [0.15, 0.2) is 11.6 Å². The largest absolute Gasteiger partial charge is 0.433 e. The molecular formula is C18H16F3N3O2. The van der Waals surface area contributed by atoms with E-state index in [2.05, 4.69) is 20.3 Å². The van der Waals surface area contributed by atoms with E-state index in [0.717, 1.165) is 12.0 Å². The van der Waals surface area contributed by atoms with E-state index >= 15 is 0 Å². The van der Waals surface area contributed by atoms with Gasteiger partial charge in [0.2, 0.25) is 0 Å². The number of H-pyrrole nitrogens is 1. The fourth-order valence-corrected chi connectivity index (χ4v) is 2.64. The van der Waals surface area contributed by atoms with Crippen molar-refractivity contribution < 1.29 is 22.7 Å². The number of hydrogen-bond acceptors (Lipinski definition) is 3. The number of carbonyl (C=O) groups is 1. The van der Waals surface area contributed by atoms with Gasteiger partial charge in [-0.15, -0.1) is 0 Å². The molecule has 0 aliphatic rings. The fraction of sp³-hybridized carbons (Fsp3) is 0.222. The summed E-state index contributed by atoms with van der Waals surface area (Å²) in [5.74, 6) is -0.789. The van der Waals surface area contributed by atoms with Gasteiger partial charge in [0.25, 0.3) is 5.91 Å². The average Bonchev–Trinajstić information content (AvgIpc) is 2.98. The van der Waals surface area contributed by atoms with Crippen LogP contribution in [0, 0.1) is 5.82 Å². The van der Waals surface area contributed by atoms with Gasteiger partial charge in [0, 0.05) is 10.9 Å². The number of rotatable bonds is 6. The van der Waals surface area contributed by atoms with Gasteiger partial charge < -0.3 is 10.1 Å². The minimum Gasteiger partial charge on any atom is -0.433 e. The maximum atomic E-state index is 13.0. The molecule has 1 amide bonds. The number of nitrogens with one attached hydrogen (secondary N) is 2. The van der Waals surface area contributed by atoms with E-state index < -0.39 is 18.3 Å². The summed E-state index contributed by atoms with van der Waals surface area (Å²) >= 11 is 0. The first-order chi connectivity index (χ1) is 12.5. The number of aromatic nitrogens is 2. The number of hydrogen-bond donors (Lipinski definition) is 2. The molecule has 0 bridgehead atoms. The van der Waals surface area contributed by atoms with Crippen LogP contribution in [0.4, 0.5) is 19.0 Å². The number of aromatic amines is 1. The molecule has 0 unspecified atom stereocenters. The summed E-state index contributed by atoms with van der Waals surface area (Å²) in [6, 6.07) is 8.32.